The van der Waals surface area contributed by atoms with Crippen molar-refractivity contribution in [1.29, 1.82) is 0 Å². The molecule has 96 valence electrons. The van der Waals surface area contributed by atoms with Gasteiger partial charge in [-0.3, -0.25) is 5.84 Å². The maximum Gasteiger partial charge on any atom is 0.153 e. The zero-order chi connectivity index (χ0) is 13.3. The molecular formula is C11H13Br2N5. The standard InChI is InChI=1S/C11H13Br2N5/c1-6-3-4-7(12)5-8(6)9(15-14)10-11(13)16-17-18(10)2/h3-5,9,15H,14H2,1-2H3. The number of hydrogen-bond donors (Lipinski definition) is 2. The zero-order valence-electron chi connectivity index (χ0n) is 9.98. The molecule has 0 saturated carbocycles. The highest BCUT2D eigenvalue weighted by molar-refractivity contribution is 9.10. The van der Waals surface area contributed by atoms with E-state index in [4.69, 9.17) is 5.84 Å². The highest BCUT2D eigenvalue weighted by Gasteiger charge is 2.22. The van der Waals surface area contributed by atoms with Crippen LogP contribution >= 0.6 is 31.9 Å². The van der Waals surface area contributed by atoms with Crippen molar-refractivity contribution in [2.24, 2.45) is 12.9 Å². The van der Waals surface area contributed by atoms with Crippen LogP contribution in [0.4, 0.5) is 0 Å². The summed E-state index contributed by atoms with van der Waals surface area (Å²) in [6.07, 6.45) is 0. The second-order valence-corrected chi connectivity index (χ2v) is 5.66. The first kappa shape index (κ1) is 13.7. The first-order valence-corrected chi connectivity index (χ1v) is 6.90. The van der Waals surface area contributed by atoms with Crippen molar-refractivity contribution in [2.75, 3.05) is 0 Å². The fourth-order valence-corrected chi connectivity index (χ4v) is 2.82. The monoisotopic (exact) mass is 373 g/mol. The van der Waals surface area contributed by atoms with E-state index in [9.17, 15) is 0 Å². The van der Waals surface area contributed by atoms with E-state index in [1.54, 1.807) is 4.68 Å². The van der Waals surface area contributed by atoms with E-state index < -0.39 is 0 Å². The Morgan fingerprint density at radius 1 is 1.39 bits per heavy atom. The predicted molar refractivity (Wildman–Crippen MR) is 76.7 cm³/mol. The van der Waals surface area contributed by atoms with Crippen LogP contribution in [-0.4, -0.2) is 15.0 Å². The van der Waals surface area contributed by atoms with Gasteiger partial charge in [0.2, 0.25) is 0 Å². The van der Waals surface area contributed by atoms with Crippen LogP contribution < -0.4 is 11.3 Å². The fraction of sp³-hybridized carbons (Fsp3) is 0.273. The fourth-order valence-electron chi connectivity index (χ4n) is 1.88. The van der Waals surface area contributed by atoms with Gasteiger partial charge in [-0.05, 0) is 46.1 Å². The average molecular weight is 375 g/mol. The molecule has 0 aliphatic rings. The molecular weight excluding hydrogens is 362 g/mol. The van der Waals surface area contributed by atoms with Gasteiger partial charge in [0.25, 0.3) is 0 Å². The van der Waals surface area contributed by atoms with Gasteiger partial charge in [0.05, 0.1) is 11.7 Å². The summed E-state index contributed by atoms with van der Waals surface area (Å²) in [6.45, 7) is 2.05. The third kappa shape index (κ3) is 2.49. The van der Waals surface area contributed by atoms with Crippen LogP contribution in [0.3, 0.4) is 0 Å². The summed E-state index contributed by atoms with van der Waals surface area (Å²) in [5.41, 5.74) is 5.94. The van der Waals surface area contributed by atoms with E-state index in [0.717, 1.165) is 21.3 Å². The van der Waals surface area contributed by atoms with E-state index in [2.05, 4.69) is 47.6 Å². The molecule has 0 bridgehead atoms. The van der Waals surface area contributed by atoms with Gasteiger partial charge in [0.1, 0.15) is 0 Å². The van der Waals surface area contributed by atoms with Gasteiger partial charge in [-0.1, -0.05) is 27.2 Å². The molecule has 7 heteroatoms. The van der Waals surface area contributed by atoms with Gasteiger partial charge in [-0.2, -0.15) is 0 Å². The molecule has 3 N–H and O–H groups in total. The molecule has 2 aromatic rings. The molecule has 0 fully saturated rings. The summed E-state index contributed by atoms with van der Waals surface area (Å²) in [7, 11) is 1.84. The molecule has 0 radical (unpaired) electrons. The number of nitrogens with two attached hydrogens (primary N) is 1. The molecule has 0 aliphatic heterocycles. The Hall–Kier alpha value is -0.760. The highest BCUT2D eigenvalue weighted by atomic mass is 79.9. The van der Waals surface area contributed by atoms with Crippen molar-refractivity contribution in [3.8, 4) is 0 Å². The van der Waals surface area contributed by atoms with Gasteiger partial charge in [0, 0.05) is 11.5 Å². The van der Waals surface area contributed by atoms with E-state index in [-0.39, 0.29) is 6.04 Å². The topological polar surface area (TPSA) is 68.8 Å². The largest absolute Gasteiger partial charge is 0.271 e. The van der Waals surface area contributed by atoms with Crippen molar-refractivity contribution in [2.45, 2.75) is 13.0 Å². The molecule has 0 saturated heterocycles. The third-order valence-corrected chi connectivity index (χ3v) is 3.88. The normalized spacial score (nSPS) is 12.7. The molecule has 0 amide bonds. The van der Waals surface area contributed by atoms with E-state index in [0.29, 0.717) is 4.60 Å². The summed E-state index contributed by atoms with van der Waals surface area (Å²) in [5, 5.41) is 7.96. The zero-order valence-corrected chi connectivity index (χ0v) is 13.2. The lowest BCUT2D eigenvalue weighted by molar-refractivity contribution is 0.567. The predicted octanol–water partition coefficient (Wildman–Crippen LogP) is 2.20. The van der Waals surface area contributed by atoms with Crippen LogP contribution in [0.15, 0.2) is 27.3 Å². The van der Waals surface area contributed by atoms with Crippen molar-refractivity contribution >= 4 is 31.9 Å². The maximum absolute atomic E-state index is 5.70. The maximum atomic E-state index is 5.70. The van der Waals surface area contributed by atoms with E-state index in [1.165, 1.54) is 0 Å². The Labute approximate surface area is 122 Å². The number of nitrogens with zero attached hydrogens (tertiary/aromatic N) is 3. The van der Waals surface area contributed by atoms with Gasteiger partial charge in [0.15, 0.2) is 4.60 Å². The Morgan fingerprint density at radius 3 is 2.67 bits per heavy atom. The molecule has 1 unspecified atom stereocenters. The summed E-state index contributed by atoms with van der Waals surface area (Å²) >= 11 is 6.87. The lowest BCUT2D eigenvalue weighted by Crippen LogP contribution is -2.31. The molecule has 1 aromatic carbocycles. The average Bonchev–Trinajstić information content (AvgIpc) is 2.66. The third-order valence-electron chi connectivity index (χ3n) is 2.82. The minimum absolute atomic E-state index is 0.170. The molecule has 1 atom stereocenters. The van der Waals surface area contributed by atoms with Gasteiger partial charge < -0.3 is 0 Å². The summed E-state index contributed by atoms with van der Waals surface area (Å²) in [6, 6.07) is 5.92. The van der Waals surface area contributed by atoms with Crippen LogP contribution in [0.25, 0.3) is 0 Å². The summed E-state index contributed by atoms with van der Waals surface area (Å²) < 4.78 is 3.40. The Balaban J connectivity index is 2.55. The highest BCUT2D eigenvalue weighted by Crippen LogP contribution is 2.29. The van der Waals surface area contributed by atoms with Crippen LogP contribution in [0.1, 0.15) is 22.9 Å². The van der Waals surface area contributed by atoms with Crippen molar-refractivity contribution < 1.29 is 0 Å². The second-order valence-electron chi connectivity index (χ2n) is 3.99. The minimum atomic E-state index is -0.170. The minimum Gasteiger partial charge on any atom is -0.271 e. The number of benzene rings is 1. The molecule has 0 aliphatic carbocycles. The van der Waals surface area contributed by atoms with Crippen LogP contribution in [0.2, 0.25) is 0 Å². The lowest BCUT2D eigenvalue weighted by atomic mass is 9.99. The van der Waals surface area contributed by atoms with Gasteiger partial charge in [-0.25, -0.2) is 10.1 Å². The number of hydrogen-bond acceptors (Lipinski definition) is 4. The quantitative estimate of drug-likeness (QED) is 0.638. The number of hydrazine groups is 1. The van der Waals surface area contributed by atoms with Crippen molar-refractivity contribution in [3.05, 3.63) is 44.1 Å². The molecule has 5 nitrogen and oxygen atoms in total. The number of rotatable bonds is 3. The van der Waals surface area contributed by atoms with E-state index >= 15 is 0 Å². The summed E-state index contributed by atoms with van der Waals surface area (Å²) in [5.74, 6) is 5.70. The van der Waals surface area contributed by atoms with Gasteiger partial charge >= 0.3 is 0 Å². The SMILES string of the molecule is Cc1ccc(Br)cc1C(NN)c1c(Br)nnn1C. The first-order valence-electron chi connectivity index (χ1n) is 5.32. The molecule has 2 rings (SSSR count). The van der Waals surface area contributed by atoms with Crippen LogP contribution in [0, 0.1) is 6.92 Å². The molecule has 0 spiro atoms. The molecule has 18 heavy (non-hydrogen) atoms. The Kier molecular flexibility index (Phi) is 4.16. The van der Waals surface area contributed by atoms with Crippen molar-refractivity contribution in [1.82, 2.24) is 20.4 Å². The first-order chi connectivity index (χ1) is 8.54. The molecule has 1 aromatic heterocycles. The molecule has 1 heterocycles. The van der Waals surface area contributed by atoms with Crippen LogP contribution in [-0.2, 0) is 7.05 Å². The van der Waals surface area contributed by atoms with Crippen LogP contribution in [0.5, 0.6) is 0 Å². The number of nitrogens with one attached hydrogen (secondary N) is 1. The lowest BCUT2D eigenvalue weighted by Gasteiger charge is -2.19. The Morgan fingerprint density at radius 2 is 2.11 bits per heavy atom. The number of aryl methyl sites for hydroxylation is 2. The second kappa shape index (κ2) is 5.48. The number of aromatic nitrogens is 3. The summed E-state index contributed by atoms with van der Waals surface area (Å²) in [4.78, 5) is 0. The smallest absolute Gasteiger partial charge is 0.153 e. The van der Waals surface area contributed by atoms with Crippen molar-refractivity contribution in [3.63, 3.8) is 0 Å². The van der Waals surface area contributed by atoms with E-state index in [1.807, 2.05) is 32.2 Å². The van der Waals surface area contributed by atoms with Gasteiger partial charge in [-0.15, -0.1) is 5.10 Å². The Bertz CT molecular complexity index is 547. The number of halogens is 2.